The van der Waals surface area contributed by atoms with Gasteiger partial charge in [-0.25, -0.2) is 18.1 Å². The van der Waals surface area contributed by atoms with E-state index in [0.29, 0.717) is 13.0 Å². The molecule has 0 aliphatic heterocycles. The molecule has 7 heteroatoms. The maximum Gasteiger partial charge on any atom is 0.240 e. The number of aromatic amines is 1. The molecule has 0 saturated heterocycles. The Labute approximate surface area is 137 Å². The molecule has 22 heavy (non-hydrogen) atoms. The van der Waals surface area contributed by atoms with Gasteiger partial charge in [0.1, 0.15) is 5.65 Å². The number of aromatic nitrogens is 2. The van der Waals surface area contributed by atoms with Crippen LogP contribution in [-0.2, 0) is 16.4 Å². The van der Waals surface area contributed by atoms with Gasteiger partial charge < -0.3 is 4.98 Å². The van der Waals surface area contributed by atoms with Crippen LogP contribution >= 0.6 is 15.9 Å². The van der Waals surface area contributed by atoms with E-state index in [1.165, 1.54) is 0 Å². The fourth-order valence-electron chi connectivity index (χ4n) is 2.24. The minimum atomic E-state index is -3.48. The lowest BCUT2D eigenvalue weighted by atomic mass is 10.2. The van der Waals surface area contributed by atoms with Crippen LogP contribution in [0.4, 0.5) is 0 Å². The molecule has 2 heterocycles. The van der Waals surface area contributed by atoms with Crippen LogP contribution in [0.2, 0.25) is 0 Å². The van der Waals surface area contributed by atoms with Crippen molar-refractivity contribution in [1.82, 2.24) is 14.7 Å². The van der Waals surface area contributed by atoms with Gasteiger partial charge in [0.25, 0.3) is 0 Å². The lowest BCUT2D eigenvalue weighted by Gasteiger charge is -2.06. The van der Waals surface area contributed by atoms with Gasteiger partial charge in [0.2, 0.25) is 10.0 Å². The fraction of sp³-hybridized carbons (Fsp3) is 0.133. The zero-order valence-electron chi connectivity index (χ0n) is 11.6. The lowest BCUT2D eigenvalue weighted by molar-refractivity contribution is 0.581. The van der Waals surface area contributed by atoms with E-state index in [1.54, 1.807) is 30.5 Å². The zero-order valence-corrected chi connectivity index (χ0v) is 14.0. The minimum Gasteiger partial charge on any atom is -0.346 e. The number of hydrogen-bond acceptors (Lipinski definition) is 3. The number of benzene rings is 1. The average molecular weight is 380 g/mol. The van der Waals surface area contributed by atoms with Crippen LogP contribution in [-0.4, -0.2) is 24.9 Å². The maximum atomic E-state index is 12.2. The van der Waals surface area contributed by atoms with E-state index in [9.17, 15) is 8.42 Å². The number of H-pyrrole nitrogens is 1. The van der Waals surface area contributed by atoms with Gasteiger partial charge in [-0.15, -0.1) is 0 Å². The molecule has 0 atom stereocenters. The molecule has 1 aromatic carbocycles. The number of sulfonamides is 1. The summed E-state index contributed by atoms with van der Waals surface area (Å²) >= 11 is 3.29. The third-order valence-electron chi connectivity index (χ3n) is 3.35. The highest BCUT2D eigenvalue weighted by Gasteiger charge is 2.13. The highest BCUT2D eigenvalue weighted by Crippen LogP contribution is 2.17. The quantitative estimate of drug-likeness (QED) is 0.715. The summed E-state index contributed by atoms with van der Waals surface area (Å²) in [4.78, 5) is 7.56. The molecule has 3 rings (SSSR count). The first kappa shape index (κ1) is 15.2. The van der Waals surface area contributed by atoms with Crippen molar-refractivity contribution >= 4 is 37.0 Å². The third kappa shape index (κ3) is 3.21. The van der Waals surface area contributed by atoms with E-state index in [0.717, 1.165) is 21.1 Å². The standard InChI is InChI=1S/C15H14BrN3O2S/c16-12-3-5-13(6-4-12)22(20,21)19-9-7-11-10-18-15-14(11)2-1-8-17-15/h1-6,8,10,19H,7,9H2,(H,17,18). The molecule has 0 unspecified atom stereocenters. The summed E-state index contributed by atoms with van der Waals surface area (Å²) < 4.78 is 27.8. The van der Waals surface area contributed by atoms with Gasteiger partial charge in [0, 0.05) is 28.8 Å². The smallest absolute Gasteiger partial charge is 0.240 e. The Morgan fingerprint density at radius 3 is 2.73 bits per heavy atom. The summed E-state index contributed by atoms with van der Waals surface area (Å²) in [6, 6.07) is 10.4. The third-order valence-corrected chi connectivity index (χ3v) is 5.35. The molecule has 0 fully saturated rings. The molecule has 5 nitrogen and oxygen atoms in total. The molecule has 0 saturated carbocycles. The number of rotatable bonds is 5. The van der Waals surface area contributed by atoms with Gasteiger partial charge in [-0.05, 0) is 48.4 Å². The monoisotopic (exact) mass is 379 g/mol. The van der Waals surface area contributed by atoms with Gasteiger partial charge in [-0.1, -0.05) is 15.9 Å². The molecular formula is C15H14BrN3O2S. The SMILES string of the molecule is O=S(=O)(NCCc1c[nH]c2ncccc12)c1ccc(Br)cc1. The Balaban J connectivity index is 1.68. The molecule has 0 spiro atoms. The molecular weight excluding hydrogens is 366 g/mol. The van der Waals surface area contributed by atoms with Crippen LogP contribution in [0.3, 0.4) is 0 Å². The molecule has 0 amide bonds. The van der Waals surface area contributed by atoms with Crippen molar-refractivity contribution in [3.63, 3.8) is 0 Å². The summed E-state index contributed by atoms with van der Waals surface area (Å²) in [7, 11) is -3.48. The Morgan fingerprint density at radius 1 is 1.18 bits per heavy atom. The van der Waals surface area contributed by atoms with Crippen molar-refractivity contribution in [2.75, 3.05) is 6.54 Å². The second-order valence-corrected chi connectivity index (χ2v) is 7.50. The molecule has 0 aliphatic rings. The van der Waals surface area contributed by atoms with Gasteiger partial charge in [-0.3, -0.25) is 0 Å². The zero-order chi connectivity index (χ0) is 15.6. The van der Waals surface area contributed by atoms with Crippen molar-refractivity contribution in [3.8, 4) is 0 Å². The van der Waals surface area contributed by atoms with Crippen LogP contribution in [0.5, 0.6) is 0 Å². The minimum absolute atomic E-state index is 0.260. The van der Waals surface area contributed by atoms with E-state index in [-0.39, 0.29) is 4.90 Å². The first-order valence-corrected chi connectivity index (χ1v) is 9.00. The predicted molar refractivity (Wildman–Crippen MR) is 89.1 cm³/mol. The molecule has 114 valence electrons. The first-order valence-electron chi connectivity index (χ1n) is 6.72. The van der Waals surface area contributed by atoms with E-state index in [2.05, 4.69) is 30.6 Å². The Morgan fingerprint density at radius 2 is 1.95 bits per heavy atom. The molecule has 3 aromatic rings. The molecule has 2 aromatic heterocycles. The summed E-state index contributed by atoms with van der Waals surface area (Å²) in [6.45, 7) is 0.334. The Bertz CT molecular complexity index is 889. The summed E-state index contributed by atoms with van der Waals surface area (Å²) in [6.07, 6.45) is 4.19. The molecule has 0 aliphatic carbocycles. The molecule has 2 N–H and O–H groups in total. The number of halogens is 1. The summed E-state index contributed by atoms with van der Waals surface area (Å²) in [5, 5.41) is 1.02. The van der Waals surface area contributed by atoms with E-state index in [1.807, 2.05) is 18.3 Å². The number of nitrogens with one attached hydrogen (secondary N) is 2. The lowest BCUT2D eigenvalue weighted by Crippen LogP contribution is -2.25. The normalized spacial score (nSPS) is 11.9. The second kappa shape index (κ2) is 6.20. The number of nitrogens with zero attached hydrogens (tertiary/aromatic N) is 1. The van der Waals surface area contributed by atoms with Gasteiger partial charge >= 0.3 is 0 Å². The summed E-state index contributed by atoms with van der Waals surface area (Å²) in [5.74, 6) is 0. The van der Waals surface area contributed by atoms with E-state index >= 15 is 0 Å². The van der Waals surface area contributed by atoms with Crippen LogP contribution in [0.1, 0.15) is 5.56 Å². The molecule has 0 bridgehead atoms. The fourth-order valence-corrected chi connectivity index (χ4v) is 3.53. The maximum absolute atomic E-state index is 12.2. The second-order valence-electron chi connectivity index (χ2n) is 4.82. The van der Waals surface area contributed by atoms with E-state index < -0.39 is 10.0 Å². The highest BCUT2D eigenvalue weighted by atomic mass is 79.9. The van der Waals surface area contributed by atoms with Gasteiger partial charge in [0.05, 0.1) is 4.90 Å². The highest BCUT2D eigenvalue weighted by molar-refractivity contribution is 9.10. The van der Waals surface area contributed by atoms with Crippen LogP contribution in [0.25, 0.3) is 11.0 Å². The van der Waals surface area contributed by atoms with Crippen molar-refractivity contribution < 1.29 is 8.42 Å². The van der Waals surface area contributed by atoms with Crippen molar-refractivity contribution in [2.24, 2.45) is 0 Å². The van der Waals surface area contributed by atoms with Crippen LogP contribution < -0.4 is 4.72 Å². The van der Waals surface area contributed by atoms with E-state index in [4.69, 9.17) is 0 Å². The predicted octanol–water partition coefficient (Wildman–Crippen LogP) is 2.85. The molecule has 0 radical (unpaired) electrons. The Hall–Kier alpha value is -1.70. The largest absolute Gasteiger partial charge is 0.346 e. The van der Waals surface area contributed by atoms with Gasteiger partial charge in [-0.2, -0.15) is 0 Å². The number of pyridine rings is 1. The summed E-state index contributed by atoms with van der Waals surface area (Å²) in [5.41, 5.74) is 1.86. The Kier molecular flexibility index (Phi) is 4.28. The topological polar surface area (TPSA) is 74.8 Å². The first-order chi connectivity index (χ1) is 10.6. The van der Waals surface area contributed by atoms with Crippen molar-refractivity contribution in [3.05, 3.63) is 58.8 Å². The van der Waals surface area contributed by atoms with Crippen molar-refractivity contribution in [2.45, 2.75) is 11.3 Å². The van der Waals surface area contributed by atoms with Crippen LogP contribution in [0.15, 0.2) is 58.2 Å². The van der Waals surface area contributed by atoms with Crippen molar-refractivity contribution in [1.29, 1.82) is 0 Å². The average Bonchev–Trinajstić information content (AvgIpc) is 2.91. The van der Waals surface area contributed by atoms with Crippen LogP contribution in [0, 0.1) is 0 Å². The van der Waals surface area contributed by atoms with Gasteiger partial charge in [0.15, 0.2) is 0 Å². The number of hydrogen-bond donors (Lipinski definition) is 2. The number of fused-ring (bicyclic) bond motifs is 1.